The van der Waals surface area contributed by atoms with Crippen LogP contribution in [0.1, 0.15) is 29.4 Å². The predicted octanol–water partition coefficient (Wildman–Crippen LogP) is 2.33. The summed E-state index contributed by atoms with van der Waals surface area (Å²) in [5, 5.41) is 9.27. The Bertz CT molecular complexity index is 553. The summed E-state index contributed by atoms with van der Waals surface area (Å²) >= 11 is 7.63. The number of aliphatic carboxylic acids is 1. The molecule has 0 saturated carbocycles. The van der Waals surface area contributed by atoms with Gasteiger partial charge in [-0.3, -0.25) is 9.59 Å². The molecule has 0 aliphatic carbocycles. The van der Waals surface area contributed by atoms with E-state index in [0.717, 1.165) is 11.4 Å². The van der Waals surface area contributed by atoms with Crippen molar-refractivity contribution >= 4 is 35.2 Å². The molecule has 0 radical (unpaired) electrons. The van der Waals surface area contributed by atoms with Crippen LogP contribution in [0.5, 0.6) is 0 Å². The Morgan fingerprint density at radius 3 is 2.95 bits per heavy atom. The minimum Gasteiger partial charge on any atom is -0.481 e. The fourth-order valence-electron chi connectivity index (χ4n) is 2.31. The summed E-state index contributed by atoms with van der Waals surface area (Å²) in [7, 11) is 0. The fraction of sp³-hybridized carbons (Fsp3) is 0.500. The SMILES string of the molecule is CCc1cc(C(=O)N2CCSCC2CC(=O)O)cc(Cl)n1. The Balaban J connectivity index is 2.24. The van der Waals surface area contributed by atoms with Crippen LogP contribution < -0.4 is 0 Å². The number of carboxylic acids is 1. The minimum atomic E-state index is -0.887. The van der Waals surface area contributed by atoms with E-state index in [9.17, 15) is 9.59 Å². The predicted molar refractivity (Wildman–Crippen MR) is 83.0 cm³/mol. The van der Waals surface area contributed by atoms with Gasteiger partial charge in [0.25, 0.3) is 5.91 Å². The molecular weight excluding hydrogens is 312 g/mol. The molecule has 1 unspecified atom stereocenters. The first kappa shape index (κ1) is 16.1. The first-order chi connectivity index (χ1) is 10.0. The van der Waals surface area contributed by atoms with Crippen molar-refractivity contribution in [1.82, 2.24) is 9.88 Å². The van der Waals surface area contributed by atoms with Crippen LogP contribution in [-0.4, -0.2) is 51.0 Å². The number of nitrogens with zero attached hydrogens (tertiary/aromatic N) is 2. The second kappa shape index (κ2) is 7.13. The van der Waals surface area contributed by atoms with Crippen molar-refractivity contribution in [1.29, 1.82) is 0 Å². The lowest BCUT2D eigenvalue weighted by molar-refractivity contribution is -0.138. The number of carbonyl (C=O) groups excluding carboxylic acids is 1. The number of amides is 1. The van der Waals surface area contributed by atoms with Crippen LogP contribution >= 0.6 is 23.4 Å². The van der Waals surface area contributed by atoms with E-state index in [1.54, 1.807) is 28.8 Å². The summed E-state index contributed by atoms with van der Waals surface area (Å²) in [6.45, 7) is 2.50. The summed E-state index contributed by atoms with van der Waals surface area (Å²) in [6.07, 6.45) is 0.660. The fourth-order valence-corrected chi connectivity index (χ4v) is 3.60. The Kier molecular flexibility index (Phi) is 5.47. The summed E-state index contributed by atoms with van der Waals surface area (Å²) < 4.78 is 0. The van der Waals surface area contributed by atoms with Crippen LogP contribution in [0.25, 0.3) is 0 Å². The quantitative estimate of drug-likeness (QED) is 0.859. The first-order valence-electron chi connectivity index (χ1n) is 6.78. The molecule has 2 rings (SSSR count). The molecule has 1 aromatic rings. The van der Waals surface area contributed by atoms with E-state index in [0.29, 0.717) is 29.4 Å². The molecule has 1 aromatic heterocycles. The number of rotatable bonds is 4. The smallest absolute Gasteiger partial charge is 0.305 e. The van der Waals surface area contributed by atoms with Gasteiger partial charge in [0.2, 0.25) is 0 Å². The van der Waals surface area contributed by atoms with Crippen LogP contribution in [0.3, 0.4) is 0 Å². The van der Waals surface area contributed by atoms with Crippen molar-refractivity contribution in [3.05, 3.63) is 28.5 Å². The van der Waals surface area contributed by atoms with E-state index in [2.05, 4.69) is 4.98 Å². The highest BCUT2D eigenvalue weighted by atomic mass is 35.5. The molecule has 1 amide bonds. The number of thioether (sulfide) groups is 1. The van der Waals surface area contributed by atoms with Crippen molar-refractivity contribution < 1.29 is 14.7 Å². The molecule has 2 heterocycles. The van der Waals surface area contributed by atoms with Gasteiger partial charge in [0.1, 0.15) is 5.15 Å². The number of pyridine rings is 1. The van der Waals surface area contributed by atoms with Gasteiger partial charge in [0.05, 0.1) is 12.5 Å². The average Bonchev–Trinajstić information content (AvgIpc) is 2.45. The zero-order valence-corrected chi connectivity index (χ0v) is 13.3. The number of aryl methyl sites for hydroxylation is 1. The summed E-state index contributed by atoms with van der Waals surface area (Å²) in [6, 6.07) is 3.00. The Morgan fingerprint density at radius 2 is 2.29 bits per heavy atom. The lowest BCUT2D eigenvalue weighted by Crippen LogP contribution is -2.47. The Hall–Kier alpha value is -1.27. The van der Waals surface area contributed by atoms with Crippen molar-refractivity contribution in [2.45, 2.75) is 25.8 Å². The molecule has 114 valence electrons. The molecule has 1 N–H and O–H groups in total. The number of aromatic nitrogens is 1. The molecular formula is C14H17ClN2O3S. The highest BCUT2D eigenvalue weighted by Gasteiger charge is 2.29. The maximum absolute atomic E-state index is 12.6. The maximum atomic E-state index is 12.6. The zero-order valence-electron chi connectivity index (χ0n) is 11.7. The lowest BCUT2D eigenvalue weighted by atomic mass is 10.1. The van der Waals surface area contributed by atoms with E-state index in [-0.39, 0.29) is 18.4 Å². The molecule has 0 spiro atoms. The van der Waals surface area contributed by atoms with Crippen molar-refractivity contribution in [3.63, 3.8) is 0 Å². The number of hydrogen-bond donors (Lipinski definition) is 1. The third kappa shape index (κ3) is 4.11. The molecule has 5 nitrogen and oxygen atoms in total. The van der Waals surface area contributed by atoms with Gasteiger partial charge in [-0.15, -0.1) is 0 Å². The van der Waals surface area contributed by atoms with Gasteiger partial charge < -0.3 is 10.0 Å². The Morgan fingerprint density at radius 1 is 1.52 bits per heavy atom. The minimum absolute atomic E-state index is 0.0296. The second-order valence-corrected chi connectivity index (χ2v) is 6.39. The molecule has 1 aliphatic heterocycles. The Labute approximate surface area is 132 Å². The second-order valence-electron chi connectivity index (χ2n) is 4.85. The van der Waals surface area contributed by atoms with Gasteiger partial charge in [0, 0.05) is 29.3 Å². The van der Waals surface area contributed by atoms with E-state index in [1.165, 1.54) is 0 Å². The largest absolute Gasteiger partial charge is 0.481 e. The maximum Gasteiger partial charge on any atom is 0.305 e. The van der Waals surface area contributed by atoms with Gasteiger partial charge >= 0.3 is 5.97 Å². The van der Waals surface area contributed by atoms with Crippen LogP contribution in [0.15, 0.2) is 12.1 Å². The van der Waals surface area contributed by atoms with Gasteiger partial charge in [-0.2, -0.15) is 11.8 Å². The molecule has 0 aromatic carbocycles. The standard InChI is InChI=1S/C14H17ClN2O3S/c1-2-10-5-9(6-12(15)16-10)14(20)17-3-4-21-8-11(17)7-13(18)19/h5-6,11H,2-4,7-8H2,1H3,(H,18,19). The van der Waals surface area contributed by atoms with E-state index in [4.69, 9.17) is 16.7 Å². The molecule has 1 aliphatic rings. The normalized spacial score (nSPS) is 18.6. The van der Waals surface area contributed by atoms with Crippen molar-refractivity contribution in [3.8, 4) is 0 Å². The third-order valence-electron chi connectivity index (χ3n) is 3.35. The molecule has 7 heteroatoms. The van der Waals surface area contributed by atoms with Crippen molar-refractivity contribution in [2.24, 2.45) is 0 Å². The highest BCUT2D eigenvalue weighted by Crippen LogP contribution is 2.22. The van der Waals surface area contributed by atoms with Gasteiger partial charge in [-0.1, -0.05) is 18.5 Å². The number of halogens is 1. The average molecular weight is 329 g/mol. The number of carboxylic acid groups (broad SMARTS) is 1. The van der Waals surface area contributed by atoms with Gasteiger partial charge in [-0.25, -0.2) is 4.98 Å². The third-order valence-corrected chi connectivity index (χ3v) is 4.64. The van der Waals surface area contributed by atoms with Crippen molar-refractivity contribution in [2.75, 3.05) is 18.1 Å². The summed E-state index contributed by atoms with van der Waals surface area (Å²) in [4.78, 5) is 29.4. The zero-order chi connectivity index (χ0) is 15.4. The van der Waals surface area contributed by atoms with Crippen LogP contribution in [-0.2, 0) is 11.2 Å². The first-order valence-corrected chi connectivity index (χ1v) is 8.31. The highest BCUT2D eigenvalue weighted by molar-refractivity contribution is 7.99. The monoisotopic (exact) mass is 328 g/mol. The number of hydrogen-bond acceptors (Lipinski definition) is 4. The van der Waals surface area contributed by atoms with Crippen LogP contribution in [0, 0.1) is 0 Å². The molecule has 1 fully saturated rings. The molecule has 1 atom stereocenters. The van der Waals surface area contributed by atoms with Crippen LogP contribution in [0.2, 0.25) is 5.15 Å². The summed E-state index contributed by atoms with van der Waals surface area (Å²) in [5.41, 5.74) is 1.24. The molecule has 21 heavy (non-hydrogen) atoms. The van der Waals surface area contributed by atoms with E-state index < -0.39 is 5.97 Å². The van der Waals surface area contributed by atoms with Gasteiger partial charge in [-0.05, 0) is 18.6 Å². The topological polar surface area (TPSA) is 70.5 Å². The van der Waals surface area contributed by atoms with E-state index >= 15 is 0 Å². The van der Waals surface area contributed by atoms with Gasteiger partial charge in [0.15, 0.2) is 0 Å². The summed E-state index contributed by atoms with van der Waals surface area (Å²) in [5.74, 6) is 0.418. The molecule has 1 saturated heterocycles. The van der Waals surface area contributed by atoms with Crippen LogP contribution in [0.4, 0.5) is 0 Å². The lowest BCUT2D eigenvalue weighted by Gasteiger charge is -2.34. The molecule has 0 bridgehead atoms. The number of carbonyl (C=O) groups is 2. The van der Waals surface area contributed by atoms with E-state index in [1.807, 2.05) is 6.92 Å².